The zero-order chi connectivity index (χ0) is 13.9. The molecule has 0 aromatic carbocycles. The Bertz CT molecular complexity index is 580. The molecule has 0 bridgehead atoms. The summed E-state index contributed by atoms with van der Waals surface area (Å²) < 4.78 is 2.24. The smallest absolute Gasteiger partial charge is 0.161 e. The van der Waals surface area contributed by atoms with E-state index in [0.717, 1.165) is 36.5 Å². The topological polar surface area (TPSA) is 54.2 Å². The van der Waals surface area contributed by atoms with Crippen LogP contribution >= 0.6 is 0 Å². The maximum atomic E-state index is 9.30. The first kappa shape index (κ1) is 13.5. The number of aromatic nitrogens is 3. The van der Waals surface area contributed by atoms with Gasteiger partial charge in [-0.15, -0.1) is 0 Å². The van der Waals surface area contributed by atoms with Crippen molar-refractivity contribution in [1.82, 2.24) is 19.4 Å². The molecule has 0 saturated carbocycles. The summed E-state index contributed by atoms with van der Waals surface area (Å²) in [5.41, 5.74) is 1.87. The van der Waals surface area contributed by atoms with Crippen LogP contribution in [0.25, 0.3) is 11.2 Å². The van der Waals surface area contributed by atoms with E-state index in [1.807, 2.05) is 18.3 Å². The summed E-state index contributed by atoms with van der Waals surface area (Å²) in [6.45, 7) is 4.50. The van der Waals surface area contributed by atoms with Gasteiger partial charge in [-0.25, -0.2) is 9.97 Å². The van der Waals surface area contributed by atoms with E-state index in [4.69, 9.17) is 0 Å². The first-order valence-electron chi connectivity index (χ1n) is 7.52. The van der Waals surface area contributed by atoms with E-state index in [9.17, 15) is 5.11 Å². The second-order valence-electron chi connectivity index (χ2n) is 5.32. The van der Waals surface area contributed by atoms with Gasteiger partial charge in [0.15, 0.2) is 5.65 Å². The second-order valence-corrected chi connectivity index (χ2v) is 5.32. The van der Waals surface area contributed by atoms with E-state index in [0.29, 0.717) is 12.6 Å². The lowest BCUT2D eigenvalue weighted by atomic mass is 10.1. The lowest BCUT2D eigenvalue weighted by Gasteiger charge is -2.36. The molecular weight excluding hydrogens is 252 g/mol. The molecule has 0 amide bonds. The van der Waals surface area contributed by atoms with Crippen molar-refractivity contribution in [3.8, 4) is 0 Å². The molecule has 3 rings (SSSR count). The molecule has 5 nitrogen and oxygen atoms in total. The number of piperidine rings is 1. The third kappa shape index (κ3) is 2.31. The van der Waals surface area contributed by atoms with Gasteiger partial charge in [-0.3, -0.25) is 9.47 Å². The van der Waals surface area contributed by atoms with Crippen molar-refractivity contribution in [3.63, 3.8) is 0 Å². The number of hydrogen-bond acceptors (Lipinski definition) is 4. The lowest BCUT2D eigenvalue weighted by Crippen LogP contribution is -2.37. The molecule has 1 atom stereocenters. The molecule has 1 fully saturated rings. The summed E-state index contributed by atoms with van der Waals surface area (Å²) in [6.07, 6.45) is 6.38. The Morgan fingerprint density at radius 2 is 2.30 bits per heavy atom. The molecule has 108 valence electrons. The number of likely N-dealkylation sites (tertiary alicyclic amines) is 1. The molecule has 1 aliphatic rings. The van der Waals surface area contributed by atoms with Crippen molar-refractivity contribution >= 4 is 11.2 Å². The summed E-state index contributed by atoms with van der Waals surface area (Å²) >= 11 is 0. The minimum Gasteiger partial charge on any atom is -0.396 e. The van der Waals surface area contributed by atoms with Gasteiger partial charge < -0.3 is 5.11 Å². The number of aliphatic hydroxyl groups is 1. The van der Waals surface area contributed by atoms with Crippen LogP contribution in [0.15, 0.2) is 18.3 Å². The van der Waals surface area contributed by atoms with Crippen LogP contribution in [0.5, 0.6) is 0 Å². The summed E-state index contributed by atoms with van der Waals surface area (Å²) in [4.78, 5) is 11.7. The highest BCUT2D eigenvalue weighted by atomic mass is 16.3. The number of rotatable bonds is 4. The SMILES string of the molecule is CCN1CCCCC1n1c(CCO)nc2cccnc21. The molecule has 5 heteroatoms. The third-order valence-electron chi connectivity index (χ3n) is 4.14. The van der Waals surface area contributed by atoms with Gasteiger partial charge in [0.25, 0.3) is 0 Å². The Balaban J connectivity index is 2.09. The summed E-state index contributed by atoms with van der Waals surface area (Å²) in [5, 5.41) is 9.30. The van der Waals surface area contributed by atoms with Crippen molar-refractivity contribution in [2.75, 3.05) is 19.7 Å². The zero-order valence-corrected chi connectivity index (χ0v) is 12.0. The summed E-state index contributed by atoms with van der Waals surface area (Å²) in [5.74, 6) is 0.951. The highest BCUT2D eigenvalue weighted by Crippen LogP contribution is 2.30. The molecular formula is C15H22N4O. The molecule has 1 aliphatic heterocycles. The van der Waals surface area contributed by atoms with E-state index < -0.39 is 0 Å². The van der Waals surface area contributed by atoms with E-state index in [1.165, 1.54) is 12.8 Å². The minimum atomic E-state index is 0.127. The van der Waals surface area contributed by atoms with Crippen LogP contribution in [0.3, 0.4) is 0 Å². The standard InChI is InChI=1S/C15H22N4O/c1-2-18-10-4-3-7-14(18)19-13(8-11-20)17-12-6-5-9-16-15(12)19/h5-6,9,14,20H,2-4,7-8,10-11H2,1H3. The minimum absolute atomic E-state index is 0.127. The van der Waals surface area contributed by atoms with Crippen molar-refractivity contribution in [3.05, 3.63) is 24.2 Å². The Kier molecular flexibility index (Phi) is 3.98. The number of fused-ring (bicyclic) bond motifs is 1. The quantitative estimate of drug-likeness (QED) is 0.926. The highest BCUT2D eigenvalue weighted by Gasteiger charge is 2.26. The first-order valence-corrected chi connectivity index (χ1v) is 7.52. The zero-order valence-electron chi connectivity index (χ0n) is 12.0. The average molecular weight is 274 g/mol. The predicted molar refractivity (Wildman–Crippen MR) is 78.5 cm³/mol. The van der Waals surface area contributed by atoms with Gasteiger partial charge in [0.05, 0.1) is 12.8 Å². The Morgan fingerprint density at radius 3 is 3.10 bits per heavy atom. The van der Waals surface area contributed by atoms with Gasteiger partial charge in [-0.1, -0.05) is 6.92 Å². The fourth-order valence-electron chi connectivity index (χ4n) is 3.20. The fourth-order valence-corrected chi connectivity index (χ4v) is 3.20. The van der Waals surface area contributed by atoms with Crippen LogP contribution in [0.1, 0.15) is 38.2 Å². The number of hydrogen-bond donors (Lipinski definition) is 1. The van der Waals surface area contributed by atoms with E-state index in [2.05, 4.69) is 26.4 Å². The molecule has 20 heavy (non-hydrogen) atoms. The third-order valence-corrected chi connectivity index (χ3v) is 4.14. The molecule has 1 N–H and O–H groups in total. The largest absolute Gasteiger partial charge is 0.396 e. The van der Waals surface area contributed by atoms with E-state index in [-0.39, 0.29) is 6.61 Å². The van der Waals surface area contributed by atoms with E-state index in [1.54, 1.807) is 0 Å². The van der Waals surface area contributed by atoms with Crippen LogP contribution in [0.2, 0.25) is 0 Å². The van der Waals surface area contributed by atoms with Gasteiger partial charge in [0.2, 0.25) is 0 Å². The highest BCUT2D eigenvalue weighted by molar-refractivity contribution is 5.71. The Hall–Kier alpha value is -1.46. The lowest BCUT2D eigenvalue weighted by molar-refractivity contribution is 0.101. The van der Waals surface area contributed by atoms with Crippen LogP contribution in [0, 0.1) is 0 Å². The van der Waals surface area contributed by atoms with Crippen LogP contribution in [0.4, 0.5) is 0 Å². The number of imidazole rings is 1. The first-order chi connectivity index (χ1) is 9.85. The van der Waals surface area contributed by atoms with Gasteiger partial charge >= 0.3 is 0 Å². The Labute approximate surface area is 119 Å². The molecule has 3 heterocycles. The molecule has 0 radical (unpaired) electrons. The van der Waals surface area contributed by atoms with Gasteiger partial charge in [-0.2, -0.15) is 0 Å². The van der Waals surface area contributed by atoms with Crippen molar-refractivity contribution in [2.45, 2.75) is 38.8 Å². The maximum Gasteiger partial charge on any atom is 0.161 e. The Morgan fingerprint density at radius 1 is 1.40 bits per heavy atom. The van der Waals surface area contributed by atoms with Crippen molar-refractivity contribution in [2.24, 2.45) is 0 Å². The number of nitrogens with zero attached hydrogens (tertiary/aromatic N) is 4. The number of aliphatic hydroxyl groups excluding tert-OH is 1. The van der Waals surface area contributed by atoms with Gasteiger partial charge in [-0.05, 0) is 37.9 Å². The molecule has 1 unspecified atom stereocenters. The normalized spacial score (nSPS) is 20.6. The summed E-state index contributed by atoms with van der Waals surface area (Å²) in [6, 6.07) is 3.92. The van der Waals surface area contributed by atoms with E-state index >= 15 is 0 Å². The predicted octanol–water partition coefficient (Wildman–Crippen LogP) is 1.97. The molecule has 2 aromatic heterocycles. The van der Waals surface area contributed by atoms with Crippen LogP contribution in [-0.4, -0.2) is 44.2 Å². The summed E-state index contributed by atoms with van der Waals surface area (Å²) in [7, 11) is 0. The van der Waals surface area contributed by atoms with Gasteiger partial charge in [0.1, 0.15) is 11.3 Å². The monoisotopic (exact) mass is 274 g/mol. The second kappa shape index (κ2) is 5.89. The van der Waals surface area contributed by atoms with Crippen molar-refractivity contribution < 1.29 is 5.11 Å². The van der Waals surface area contributed by atoms with Gasteiger partial charge in [0, 0.05) is 19.2 Å². The van der Waals surface area contributed by atoms with Crippen LogP contribution in [-0.2, 0) is 6.42 Å². The molecule has 1 saturated heterocycles. The number of pyridine rings is 1. The fraction of sp³-hybridized carbons (Fsp3) is 0.600. The maximum absolute atomic E-state index is 9.30. The molecule has 0 aliphatic carbocycles. The molecule has 0 spiro atoms. The van der Waals surface area contributed by atoms with Crippen LogP contribution < -0.4 is 0 Å². The molecule has 2 aromatic rings. The van der Waals surface area contributed by atoms with Crippen molar-refractivity contribution in [1.29, 1.82) is 0 Å². The average Bonchev–Trinajstić information content (AvgIpc) is 2.85.